The minimum atomic E-state index is -0.587. The second-order valence-corrected chi connectivity index (χ2v) is 8.00. The maximum absolute atomic E-state index is 12.7. The van der Waals surface area contributed by atoms with Gasteiger partial charge in [-0.2, -0.15) is 0 Å². The van der Waals surface area contributed by atoms with Gasteiger partial charge in [0.15, 0.2) is 6.10 Å². The quantitative estimate of drug-likeness (QED) is 0.749. The van der Waals surface area contributed by atoms with Crippen molar-refractivity contribution in [2.75, 3.05) is 0 Å². The number of carbonyl (C=O) groups excluding carboxylic acids is 2. The van der Waals surface area contributed by atoms with Gasteiger partial charge in [-0.25, -0.2) is 0 Å². The Morgan fingerprint density at radius 3 is 2.41 bits per heavy atom. The monoisotopic (exact) mass is 366 g/mol. The van der Waals surface area contributed by atoms with E-state index in [1.165, 1.54) is 12.5 Å². The predicted octanol–water partition coefficient (Wildman–Crippen LogP) is 4.53. The summed E-state index contributed by atoms with van der Waals surface area (Å²) in [6.07, 6.45) is 1.21. The summed E-state index contributed by atoms with van der Waals surface area (Å²) >= 11 is 0. The number of esters is 2. The number of rotatable bonds is 3. The molecule has 27 heavy (non-hydrogen) atoms. The van der Waals surface area contributed by atoms with E-state index in [1.807, 2.05) is 57.2 Å². The second-order valence-electron chi connectivity index (χ2n) is 8.00. The zero-order valence-electron chi connectivity index (χ0n) is 16.4. The molecule has 142 valence electrons. The molecule has 0 aliphatic heterocycles. The van der Waals surface area contributed by atoms with Gasteiger partial charge in [-0.3, -0.25) is 9.59 Å². The van der Waals surface area contributed by atoms with Crippen LogP contribution in [0, 0.1) is 5.41 Å². The molecule has 0 fully saturated rings. The first-order valence-electron chi connectivity index (χ1n) is 9.30. The minimum absolute atomic E-state index is 0.231. The van der Waals surface area contributed by atoms with Gasteiger partial charge in [0, 0.05) is 18.1 Å². The molecule has 0 bridgehead atoms. The highest BCUT2D eigenvalue weighted by molar-refractivity contribution is 5.76. The Balaban J connectivity index is 2.07. The fourth-order valence-corrected chi connectivity index (χ4v) is 3.38. The van der Waals surface area contributed by atoms with E-state index in [0.29, 0.717) is 0 Å². The van der Waals surface area contributed by atoms with Crippen LogP contribution in [0.4, 0.5) is 0 Å². The molecule has 4 heteroatoms. The van der Waals surface area contributed by atoms with Crippen molar-refractivity contribution in [1.29, 1.82) is 0 Å². The van der Waals surface area contributed by atoms with E-state index in [2.05, 4.69) is 6.07 Å². The van der Waals surface area contributed by atoms with Gasteiger partial charge in [0.2, 0.25) is 0 Å². The van der Waals surface area contributed by atoms with E-state index in [9.17, 15) is 9.59 Å². The molecule has 0 radical (unpaired) electrons. The predicted molar refractivity (Wildman–Crippen MR) is 103 cm³/mol. The van der Waals surface area contributed by atoms with Crippen LogP contribution in [-0.2, 0) is 38.5 Å². The second kappa shape index (κ2) is 7.55. The fourth-order valence-electron chi connectivity index (χ4n) is 3.38. The fraction of sp³-hybridized carbons (Fsp3) is 0.391. The van der Waals surface area contributed by atoms with E-state index in [0.717, 1.165) is 35.1 Å². The molecule has 0 N–H and O–H groups in total. The van der Waals surface area contributed by atoms with Crippen LogP contribution >= 0.6 is 0 Å². The molecule has 3 rings (SSSR count). The van der Waals surface area contributed by atoms with Crippen LogP contribution in [0.3, 0.4) is 0 Å². The number of carbonyl (C=O) groups is 2. The van der Waals surface area contributed by atoms with Crippen LogP contribution in [0.2, 0.25) is 0 Å². The molecule has 0 aromatic heterocycles. The highest BCUT2D eigenvalue weighted by atomic mass is 16.5. The third kappa shape index (κ3) is 4.21. The summed E-state index contributed by atoms with van der Waals surface area (Å²) in [6.45, 7) is 7.21. The Hall–Kier alpha value is -2.62. The summed E-state index contributed by atoms with van der Waals surface area (Å²) in [7, 11) is 0. The third-order valence-electron chi connectivity index (χ3n) is 4.84. The smallest absolute Gasteiger partial charge is 0.312 e. The summed E-state index contributed by atoms with van der Waals surface area (Å²) in [5, 5.41) is 0. The molecule has 4 nitrogen and oxygen atoms in total. The third-order valence-corrected chi connectivity index (χ3v) is 4.84. The summed E-state index contributed by atoms with van der Waals surface area (Å²) in [4.78, 5) is 23.9. The lowest BCUT2D eigenvalue weighted by atomic mass is 9.93. The highest BCUT2D eigenvalue weighted by Gasteiger charge is 2.32. The van der Waals surface area contributed by atoms with Crippen molar-refractivity contribution in [3.05, 3.63) is 70.3 Å². The van der Waals surface area contributed by atoms with Crippen molar-refractivity contribution in [2.45, 2.75) is 53.2 Å². The van der Waals surface area contributed by atoms with Crippen LogP contribution in [0.1, 0.15) is 61.6 Å². The van der Waals surface area contributed by atoms with Crippen molar-refractivity contribution in [3.63, 3.8) is 0 Å². The number of benzene rings is 2. The van der Waals surface area contributed by atoms with Gasteiger partial charge in [-0.05, 0) is 50.3 Å². The maximum atomic E-state index is 12.7. The number of ether oxygens (including phenoxy) is 2. The SMILES string of the molecule is CC(=O)OCc1cccc2c1CCc1ccccc1C2OC(=O)C(C)(C)C. The summed E-state index contributed by atoms with van der Waals surface area (Å²) in [6, 6.07) is 14.0. The van der Waals surface area contributed by atoms with E-state index in [4.69, 9.17) is 9.47 Å². The number of fused-ring (bicyclic) bond motifs is 2. The average molecular weight is 366 g/mol. The summed E-state index contributed by atoms with van der Waals surface area (Å²) in [5.74, 6) is -0.541. The lowest BCUT2D eigenvalue weighted by Crippen LogP contribution is -2.26. The van der Waals surface area contributed by atoms with Crippen molar-refractivity contribution in [3.8, 4) is 0 Å². The Bertz CT molecular complexity index is 861. The van der Waals surface area contributed by atoms with E-state index >= 15 is 0 Å². The highest BCUT2D eigenvalue weighted by Crippen LogP contribution is 2.38. The zero-order chi connectivity index (χ0) is 19.6. The van der Waals surface area contributed by atoms with Crippen LogP contribution in [-0.4, -0.2) is 11.9 Å². The standard InChI is InChI=1S/C23H26O4/c1-15(24)26-14-17-9-7-11-20-18(17)13-12-16-8-5-6-10-19(16)21(20)27-22(25)23(2,3)4/h5-11,21H,12-14H2,1-4H3. The maximum Gasteiger partial charge on any atom is 0.312 e. The van der Waals surface area contributed by atoms with Gasteiger partial charge in [-0.15, -0.1) is 0 Å². The summed E-state index contributed by atoms with van der Waals surface area (Å²) in [5.41, 5.74) is 4.66. The molecule has 0 amide bonds. The number of hydrogen-bond acceptors (Lipinski definition) is 4. The molecular weight excluding hydrogens is 340 g/mol. The van der Waals surface area contributed by atoms with Gasteiger partial charge in [0.05, 0.1) is 5.41 Å². The van der Waals surface area contributed by atoms with Gasteiger partial charge in [-0.1, -0.05) is 42.5 Å². The Labute approximate surface area is 160 Å². The Kier molecular flexibility index (Phi) is 5.36. The molecule has 0 saturated carbocycles. The Morgan fingerprint density at radius 1 is 1.00 bits per heavy atom. The van der Waals surface area contributed by atoms with Gasteiger partial charge in [0.1, 0.15) is 6.61 Å². The van der Waals surface area contributed by atoms with Gasteiger partial charge in [0.25, 0.3) is 0 Å². The molecule has 1 atom stereocenters. The van der Waals surface area contributed by atoms with Crippen molar-refractivity contribution in [1.82, 2.24) is 0 Å². The average Bonchev–Trinajstić information content (AvgIpc) is 2.77. The normalized spacial score (nSPS) is 15.9. The van der Waals surface area contributed by atoms with Crippen molar-refractivity contribution < 1.29 is 19.1 Å². The van der Waals surface area contributed by atoms with Gasteiger partial charge < -0.3 is 9.47 Å². The topological polar surface area (TPSA) is 52.6 Å². The first-order valence-corrected chi connectivity index (χ1v) is 9.30. The number of hydrogen-bond donors (Lipinski definition) is 0. The molecular formula is C23H26O4. The van der Waals surface area contributed by atoms with Crippen LogP contribution in [0.5, 0.6) is 0 Å². The van der Waals surface area contributed by atoms with Crippen molar-refractivity contribution in [2.24, 2.45) is 5.41 Å². The summed E-state index contributed by atoms with van der Waals surface area (Å²) < 4.78 is 11.3. The lowest BCUT2D eigenvalue weighted by Gasteiger charge is -2.26. The van der Waals surface area contributed by atoms with E-state index in [-0.39, 0.29) is 18.5 Å². The van der Waals surface area contributed by atoms with Crippen LogP contribution < -0.4 is 0 Å². The Morgan fingerprint density at radius 2 is 1.70 bits per heavy atom. The molecule has 0 spiro atoms. The first kappa shape index (κ1) is 19.2. The largest absolute Gasteiger partial charge is 0.461 e. The zero-order valence-corrected chi connectivity index (χ0v) is 16.4. The molecule has 1 aliphatic rings. The lowest BCUT2D eigenvalue weighted by molar-refractivity contribution is -0.157. The molecule has 2 aromatic carbocycles. The van der Waals surface area contributed by atoms with E-state index in [1.54, 1.807) is 0 Å². The van der Waals surface area contributed by atoms with Crippen molar-refractivity contribution >= 4 is 11.9 Å². The minimum Gasteiger partial charge on any atom is -0.461 e. The van der Waals surface area contributed by atoms with E-state index < -0.39 is 11.5 Å². The van der Waals surface area contributed by atoms with Crippen LogP contribution in [0.25, 0.3) is 0 Å². The molecule has 0 heterocycles. The number of aryl methyl sites for hydroxylation is 1. The first-order chi connectivity index (χ1) is 12.8. The van der Waals surface area contributed by atoms with Gasteiger partial charge >= 0.3 is 11.9 Å². The molecule has 2 aromatic rings. The molecule has 0 saturated heterocycles. The molecule has 1 aliphatic carbocycles. The molecule has 1 unspecified atom stereocenters. The van der Waals surface area contributed by atoms with Crippen LogP contribution in [0.15, 0.2) is 42.5 Å².